The molecule has 30 heavy (non-hydrogen) atoms. The predicted octanol–water partition coefficient (Wildman–Crippen LogP) is 2.68. The van der Waals surface area contributed by atoms with Crippen molar-refractivity contribution in [3.05, 3.63) is 59.7 Å². The molecule has 0 aliphatic carbocycles. The summed E-state index contributed by atoms with van der Waals surface area (Å²) in [4.78, 5) is 44.5. The van der Waals surface area contributed by atoms with Crippen LogP contribution in [0.25, 0.3) is 0 Å². The van der Waals surface area contributed by atoms with Crippen LogP contribution in [0.15, 0.2) is 48.5 Å². The van der Waals surface area contributed by atoms with Crippen LogP contribution in [0.1, 0.15) is 30.9 Å². The van der Waals surface area contributed by atoms with Gasteiger partial charge >= 0.3 is 0 Å². The van der Waals surface area contributed by atoms with E-state index in [4.69, 9.17) is 0 Å². The van der Waals surface area contributed by atoms with Crippen molar-refractivity contribution < 1.29 is 14.4 Å². The van der Waals surface area contributed by atoms with Gasteiger partial charge in [-0.15, -0.1) is 0 Å². The molecule has 3 saturated heterocycles. The molecule has 4 unspecified atom stereocenters. The molecule has 0 aromatic heterocycles. The number of anilines is 2. The lowest BCUT2D eigenvalue weighted by molar-refractivity contribution is -0.135. The largest absolute Gasteiger partial charge is 0.324 e. The van der Waals surface area contributed by atoms with E-state index in [0.717, 1.165) is 42.6 Å². The van der Waals surface area contributed by atoms with Crippen LogP contribution >= 0.6 is 0 Å². The smallest absolute Gasteiger partial charge is 0.250 e. The predicted molar refractivity (Wildman–Crippen MR) is 112 cm³/mol. The third-order valence-corrected chi connectivity index (χ3v) is 7.48. The van der Waals surface area contributed by atoms with E-state index in [9.17, 15) is 14.4 Å². The molecule has 6 nitrogen and oxygen atoms in total. The first-order chi connectivity index (χ1) is 14.6. The first-order valence-corrected chi connectivity index (χ1v) is 10.7. The van der Waals surface area contributed by atoms with Gasteiger partial charge in [-0.3, -0.25) is 19.3 Å². The monoisotopic (exact) mass is 401 g/mol. The van der Waals surface area contributed by atoms with Crippen molar-refractivity contribution in [2.24, 2.45) is 11.8 Å². The first kappa shape index (κ1) is 17.8. The highest BCUT2D eigenvalue weighted by Crippen LogP contribution is 2.60. The van der Waals surface area contributed by atoms with Gasteiger partial charge in [0.2, 0.25) is 17.7 Å². The van der Waals surface area contributed by atoms with E-state index in [1.165, 1.54) is 4.90 Å². The average Bonchev–Trinajstić information content (AvgIpc) is 3.46. The molecule has 3 amide bonds. The number of imide groups is 1. The summed E-state index contributed by atoms with van der Waals surface area (Å²) in [5.74, 6) is -1.76. The Hall–Kier alpha value is -2.99. The summed E-state index contributed by atoms with van der Waals surface area (Å²) in [6, 6.07) is 15.0. The molecule has 4 aliphatic heterocycles. The van der Waals surface area contributed by atoms with Gasteiger partial charge in [0.25, 0.3) is 0 Å². The van der Waals surface area contributed by atoms with Gasteiger partial charge in [0.05, 0.1) is 17.5 Å². The van der Waals surface area contributed by atoms with Crippen molar-refractivity contribution in [2.75, 3.05) is 16.8 Å². The second kappa shape index (κ2) is 6.01. The van der Waals surface area contributed by atoms with Crippen LogP contribution in [0, 0.1) is 11.8 Å². The molecule has 4 heterocycles. The maximum Gasteiger partial charge on any atom is 0.250 e. The summed E-state index contributed by atoms with van der Waals surface area (Å²) < 4.78 is 0. The van der Waals surface area contributed by atoms with Crippen molar-refractivity contribution >= 4 is 29.1 Å². The number of carbonyl (C=O) groups excluding carboxylic acids is 3. The lowest BCUT2D eigenvalue weighted by Crippen LogP contribution is -2.54. The Labute approximate surface area is 174 Å². The summed E-state index contributed by atoms with van der Waals surface area (Å²) in [6.45, 7) is 2.81. The zero-order valence-electron chi connectivity index (χ0n) is 16.8. The first-order valence-electron chi connectivity index (χ1n) is 10.7. The Morgan fingerprint density at radius 1 is 1.07 bits per heavy atom. The topological polar surface area (TPSA) is 69.7 Å². The standard InChI is InChI=1S/C24H23N3O3/c1-2-14-10-11-17-16(13-14)24(23(30)25-17)20-19(18-9-6-12-26(18)24)21(28)27(22(20)29)15-7-4-3-5-8-15/h3-5,7-8,10-11,13,18-20H,2,6,9,12H2,1H3,(H,25,30). The number of hydrogen-bond donors (Lipinski definition) is 1. The van der Waals surface area contributed by atoms with Gasteiger partial charge in [0.15, 0.2) is 0 Å². The molecule has 1 N–H and O–H groups in total. The van der Waals surface area contributed by atoms with Crippen molar-refractivity contribution in [3.63, 3.8) is 0 Å². The third-order valence-electron chi connectivity index (χ3n) is 7.48. The van der Waals surface area contributed by atoms with Crippen LogP contribution in [0.3, 0.4) is 0 Å². The van der Waals surface area contributed by atoms with Crippen molar-refractivity contribution in [1.82, 2.24) is 4.90 Å². The van der Waals surface area contributed by atoms with Gasteiger partial charge in [-0.25, -0.2) is 4.90 Å². The minimum Gasteiger partial charge on any atom is -0.324 e. The molecule has 6 heteroatoms. The minimum atomic E-state index is -1.09. The highest BCUT2D eigenvalue weighted by atomic mass is 16.2. The van der Waals surface area contributed by atoms with Gasteiger partial charge in [-0.1, -0.05) is 37.3 Å². The fraction of sp³-hybridized carbons (Fsp3) is 0.375. The fourth-order valence-corrected chi connectivity index (χ4v) is 6.30. The van der Waals surface area contributed by atoms with Gasteiger partial charge in [0, 0.05) is 17.3 Å². The van der Waals surface area contributed by atoms with Crippen molar-refractivity contribution in [1.29, 1.82) is 0 Å². The molecule has 4 atom stereocenters. The summed E-state index contributed by atoms with van der Waals surface area (Å²) in [5, 5.41) is 3.03. The van der Waals surface area contributed by atoms with Crippen molar-refractivity contribution in [2.45, 2.75) is 37.8 Å². The highest BCUT2D eigenvalue weighted by Gasteiger charge is 2.74. The molecule has 0 saturated carbocycles. The van der Waals surface area contributed by atoms with E-state index < -0.39 is 17.4 Å². The molecule has 4 aliphatic rings. The van der Waals surface area contributed by atoms with E-state index >= 15 is 0 Å². The summed E-state index contributed by atoms with van der Waals surface area (Å²) >= 11 is 0. The molecule has 152 valence electrons. The van der Waals surface area contributed by atoms with E-state index in [0.29, 0.717) is 5.69 Å². The normalized spacial score (nSPS) is 32.0. The number of amides is 3. The van der Waals surface area contributed by atoms with Crippen molar-refractivity contribution in [3.8, 4) is 0 Å². The third kappa shape index (κ3) is 1.95. The number of carbonyl (C=O) groups is 3. The van der Waals surface area contributed by atoms with E-state index in [1.54, 1.807) is 12.1 Å². The molecular formula is C24H23N3O3. The number of para-hydroxylation sites is 1. The molecule has 1 spiro atoms. The maximum absolute atomic E-state index is 13.8. The van der Waals surface area contributed by atoms with E-state index in [-0.39, 0.29) is 23.8 Å². The summed E-state index contributed by atoms with van der Waals surface area (Å²) in [6.07, 6.45) is 2.61. The second-order valence-corrected chi connectivity index (χ2v) is 8.71. The van der Waals surface area contributed by atoms with Gasteiger partial charge in [-0.2, -0.15) is 0 Å². The van der Waals surface area contributed by atoms with Gasteiger partial charge < -0.3 is 5.32 Å². The SMILES string of the molecule is CCc1ccc2c(c1)C1(C(=O)N2)C2C(=O)N(c3ccccc3)C(=O)C2C2CCCN21. The fourth-order valence-electron chi connectivity index (χ4n) is 6.30. The number of aryl methyl sites for hydroxylation is 1. The Balaban J connectivity index is 1.57. The lowest BCUT2D eigenvalue weighted by atomic mass is 9.75. The number of rotatable bonds is 2. The highest BCUT2D eigenvalue weighted by molar-refractivity contribution is 6.25. The zero-order chi connectivity index (χ0) is 20.6. The molecule has 6 rings (SSSR count). The average molecular weight is 401 g/mol. The molecule has 2 aromatic rings. The van der Waals surface area contributed by atoms with E-state index in [1.807, 2.05) is 30.3 Å². The van der Waals surface area contributed by atoms with Crippen LogP contribution in [0.2, 0.25) is 0 Å². The number of benzene rings is 2. The molecule has 0 radical (unpaired) electrons. The van der Waals surface area contributed by atoms with Crippen LogP contribution in [0.5, 0.6) is 0 Å². The number of fused-ring (bicyclic) bond motifs is 7. The number of hydrogen-bond acceptors (Lipinski definition) is 4. The minimum absolute atomic E-state index is 0.0813. The Kier molecular flexibility index (Phi) is 3.58. The molecule has 2 aromatic carbocycles. The van der Waals surface area contributed by atoms with Gasteiger partial charge in [-0.05, 0) is 49.6 Å². The van der Waals surface area contributed by atoms with Crippen LogP contribution in [-0.2, 0) is 26.3 Å². The molecule has 0 bridgehead atoms. The Morgan fingerprint density at radius 2 is 1.87 bits per heavy atom. The van der Waals surface area contributed by atoms with Crippen LogP contribution in [-0.4, -0.2) is 35.2 Å². The summed E-state index contributed by atoms with van der Waals surface area (Å²) in [5.41, 5.74) is 2.25. The maximum atomic E-state index is 13.8. The van der Waals surface area contributed by atoms with Crippen LogP contribution in [0.4, 0.5) is 11.4 Å². The van der Waals surface area contributed by atoms with Gasteiger partial charge in [0.1, 0.15) is 5.54 Å². The molecular weight excluding hydrogens is 378 g/mol. The molecule has 3 fully saturated rings. The number of nitrogens with one attached hydrogen (secondary N) is 1. The van der Waals surface area contributed by atoms with E-state index in [2.05, 4.69) is 23.2 Å². The quantitative estimate of drug-likeness (QED) is 0.786. The lowest BCUT2D eigenvalue weighted by Gasteiger charge is -2.36. The zero-order valence-corrected chi connectivity index (χ0v) is 16.8. The second-order valence-electron chi connectivity index (χ2n) is 8.71. The number of nitrogens with zero attached hydrogens (tertiary/aromatic N) is 2. The Morgan fingerprint density at radius 3 is 2.63 bits per heavy atom. The van der Waals surface area contributed by atoms with Crippen LogP contribution < -0.4 is 10.2 Å². The Bertz CT molecular complexity index is 1100. The summed E-state index contributed by atoms with van der Waals surface area (Å²) in [7, 11) is 0.